The minimum absolute atomic E-state index is 1.15. The highest BCUT2D eigenvalue weighted by Gasteiger charge is 1.97. The van der Waals surface area contributed by atoms with Crippen LogP contribution < -0.4 is 0 Å². The van der Waals surface area contributed by atoms with Gasteiger partial charge in [0.15, 0.2) is 0 Å². The Kier molecular flexibility index (Phi) is 8.25. The fourth-order valence-corrected chi connectivity index (χ4v) is 2.44. The van der Waals surface area contributed by atoms with Gasteiger partial charge in [0.1, 0.15) is 0 Å². The van der Waals surface area contributed by atoms with Gasteiger partial charge in [-0.15, -0.1) is 12.6 Å². The minimum Gasteiger partial charge on any atom is -0.143 e. The number of aryl methyl sites for hydroxylation is 1. The van der Waals surface area contributed by atoms with Crippen LogP contribution in [0, 0.1) is 0 Å². The molecule has 0 aromatic heterocycles. The molecule has 0 aliphatic rings. The summed E-state index contributed by atoms with van der Waals surface area (Å²) in [5.41, 5.74) is 1.40. The van der Waals surface area contributed by atoms with Crippen molar-refractivity contribution < 1.29 is 0 Å². The molecule has 0 aliphatic carbocycles. The number of rotatable bonds is 9. The summed E-state index contributed by atoms with van der Waals surface area (Å²) in [4.78, 5) is 1.15. The average Bonchev–Trinajstić information content (AvgIpc) is 2.35. The van der Waals surface area contributed by atoms with Gasteiger partial charge in [-0.1, -0.05) is 70.1 Å². The minimum atomic E-state index is 1.15. The molecule has 0 saturated heterocycles. The third-order valence-electron chi connectivity index (χ3n) is 3.29. The number of unbranched alkanes of at least 4 members (excludes halogenated alkanes) is 7. The summed E-state index contributed by atoms with van der Waals surface area (Å²) >= 11 is 4.48. The van der Waals surface area contributed by atoms with E-state index in [1.54, 1.807) is 0 Å². The summed E-state index contributed by atoms with van der Waals surface area (Å²) in [5.74, 6) is 0. The summed E-state index contributed by atoms with van der Waals surface area (Å²) in [6.07, 6.45) is 12.3. The molecule has 0 atom stereocenters. The Morgan fingerprint density at radius 1 is 0.824 bits per heavy atom. The van der Waals surface area contributed by atoms with E-state index in [-0.39, 0.29) is 0 Å². The van der Waals surface area contributed by atoms with Crippen molar-refractivity contribution in [2.75, 3.05) is 0 Å². The van der Waals surface area contributed by atoms with Gasteiger partial charge in [0.2, 0.25) is 0 Å². The van der Waals surface area contributed by atoms with E-state index in [0.717, 1.165) is 4.90 Å². The van der Waals surface area contributed by atoms with Gasteiger partial charge in [-0.3, -0.25) is 0 Å². The number of thiol groups is 1. The van der Waals surface area contributed by atoms with E-state index < -0.39 is 0 Å². The van der Waals surface area contributed by atoms with Crippen molar-refractivity contribution in [3.8, 4) is 0 Å². The number of benzene rings is 1. The van der Waals surface area contributed by atoms with Crippen molar-refractivity contribution in [3.05, 3.63) is 29.8 Å². The fraction of sp³-hybridized carbons (Fsp3) is 0.625. The molecule has 1 rings (SSSR count). The first-order valence-corrected chi connectivity index (χ1v) is 7.56. The van der Waals surface area contributed by atoms with Crippen molar-refractivity contribution in [2.24, 2.45) is 0 Å². The Bertz CT molecular complexity index is 293. The Morgan fingerprint density at radius 3 is 2.06 bits per heavy atom. The molecule has 0 heterocycles. The van der Waals surface area contributed by atoms with Crippen LogP contribution in [0.5, 0.6) is 0 Å². The second kappa shape index (κ2) is 9.58. The molecule has 0 spiro atoms. The van der Waals surface area contributed by atoms with Gasteiger partial charge in [-0.25, -0.2) is 0 Å². The molecule has 1 heteroatoms. The Morgan fingerprint density at radius 2 is 1.41 bits per heavy atom. The third-order valence-corrected chi connectivity index (χ3v) is 3.73. The van der Waals surface area contributed by atoms with Gasteiger partial charge in [-0.05, 0) is 24.5 Å². The van der Waals surface area contributed by atoms with E-state index in [1.807, 2.05) is 0 Å². The molecule has 0 unspecified atom stereocenters. The Hall–Kier alpha value is -0.430. The van der Waals surface area contributed by atoms with Gasteiger partial charge in [0, 0.05) is 4.90 Å². The van der Waals surface area contributed by atoms with Gasteiger partial charge >= 0.3 is 0 Å². The lowest BCUT2D eigenvalue weighted by Crippen LogP contribution is -1.88. The zero-order valence-corrected chi connectivity index (χ0v) is 12.0. The highest BCUT2D eigenvalue weighted by molar-refractivity contribution is 7.80. The van der Waals surface area contributed by atoms with Crippen molar-refractivity contribution in [2.45, 2.75) is 69.6 Å². The fourth-order valence-electron chi connectivity index (χ4n) is 2.17. The zero-order chi connectivity index (χ0) is 12.3. The average molecular weight is 250 g/mol. The van der Waals surface area contributed by atoms with Crippen molar-refractivity contribution >= 4 is 12.6 Å². The van der Waals surface area contributed by atoms with E-state index >= 15 is 0 Å². The van der Waals surface area contributed by atoms with E-state index in [9.17, 15) is 0 Å². The second-order valence-corrected chi connectivity index (χ2v) is 5.34. The molecule has 0 bridgehead atoms. The highest BCUT2D eigenvalue weighted by atomic mass is 32.1. The van der Waals surface area contributed by atoms with E-state index in [2.05, 4.69) is 43.8 Å². The standard InChI is InChI=1S/C16H26S/c1-2-3-4-5-6-7-8-9-12-15-13-10-11-14-16(15)17/h10-11,13-14,17H,2-9,12H2,1H3. The first-order chi connectivity index (χ1) is 8.34. The van der Waals surface area contributed by atoms with Crippen LogP contribution in [-0.4, -0.2) is 0 Å². The van der Waals surface area contributed by atoms with Crippen LogP contribution in [0.1, 0.15) is 63.9 Å². The second-order valence-electron chi connectivity index (χ2n) is 4.85. The normalized spacial score (nSPS) is 10.7. The zero-order valence-electron chi connectivity index (χ0n) is 11.1. The van der Waals surface area contributed by atoms with Gasteiger partial charge in [0.25, 0.3) is 0 Å². The lowest BCUT2D eigenvalue weighted by atomic mass is 10.0. The van der Waals surface area contributed by atoms with Crippen LogP contribution in [0.4, 0.5) is 0 Å². The van der Waals surface area contributed by atoms with Crippen LogP contribution in [0.25, 0.3) is 0 Å². The Balaban J connectivity index is 1.99. The molecule has 0 fully saturated rings. The van der Waals surface area contributed by atoms with Gasteiger partial charge < -0.3 is 0 Å². The highest BCUT2D eigenvalue weighted by Crippen LogP contribution is 2.16. The Labute approximate surface area is 112 Å². The summed E-state index contributed by atoms with van der Waals surface area (Å²) < 4.78 is 0. The number of hydrogen-bond donors (Lipinski definition) is 1. The molecular weight excluding hydrogens is 224 g/mol. The lowest BCUT2D eigenvalue weighted by molar-refractivity contribution is 0.574. The SMILES string of the molecule is CCCCCCCCCCc1ccccc1S. The molecule has 17 heavy (non-hydrogen) atoms. The summed E-state index contributed by atoms with van der Waals surface area (Å²) in [7, 11) is 0. The maximum atomic E-state index is 4.48. The first kappa shape index (κ1) is 14.6. The topological polar surface area (TPSA) is 0 Å². The van der Waals surface area contributed by atoms with Crippen LogP contribution >= 0.6 is 12.6 Å². The van der Waals surface area contributed by atoms with E-state index in [1.165, 1.54) is 63.4 Å². The predicted molar refractivity (Wildman–Crippen MR) is 80.0 cm³/mol. The van der Waals surface area contributed by atoms with Crippen LogP contribution in [0.15, 0.2) is 29.2 Å². The van der Waals surface area contributed by atoms with Crippen LogP contribution in [-0.2, 0) is 6.42 Å². The summed E-state index contributed by atoms with van der Waals surface area (Å²) in [6.45, 7) is 2.27. The van der Waals surface area contributed by atoms with Gasteiger partial charge in [0.05, 0.1) is 0 Å². The van der Waals surface area contributed by atoms with Crippen LogP contribution in [0.3, 0.4) is 0 Å². The molecule has 1 aromatic carbocycles. The van der Waals surface area contributed by atoms with Crippen molar-refractivity contribution in [1.29, 1.82) is 0 Å². The summed E-state index contributed by atoms with van der Waals surface area (Å²) in [5, 5.41) is 0. The molecule has 0 nitrogen and oxygen atoms in total. The quantitative estimate of drug-likeness (QED) is 0.424. The molecule has 0 radical (unpaired) electrons. The van der Waals surface area contributed by atoms with E-state index in [0.29, 0.717) is 0 Å². The van der Waals surface area contributed by atoms with Crippen molar-refractivity contribution in [1.82, 2.24) is 0 Å². The number of hydrogen-bond acceptors (Lipinski definition) is 1. The molecule has 96 valence electrons. The maximum absolute atomic E-state index is 4.48. The lowest BCUT2D eigenvalue weighted by Gasteiger charge is -2.04. The summed E-state index contributed by atoms with van der Waals surface area (Å²) in [6, 6.07) is 8.45. The molecule has 0 N–H and O–H groups in total. The third kappa shape index (κ3) is 6.78. The largest absolute Gasteiger partial charge is 0.143 e. The van der Waals surface area contributed by atoms with E-state index in [4.69, 9.17) is 0 Å². The maximum Gasteiger partial charge on any atom is 0.00720 e. The van der Waals surface area contributed by atoms with Gasteiger partial charge in [-0.2, -0.15) is 0 Å². The first-order valence-electron chi connectivity index (χ1n) is 7.11. The van der Waals surface area contributed by atoms with Crippen LogP contribution in [0.2, 0.25) is 0 Å². The molecule has 0 aliphatic heterocycles. The molecule has 1 aromatic rings. The monoisotopic (exact) mass is 250 g/mol. The predicted octanol–water partition coefficient (Wildman–Crippen LogP) is 5.66. The molecular formula is C16H26S. The molecule has 0 amide bonds. The van der Waals surface area contributed by atoms with Crippen molar-refractivity contribution in [3.63, 3.8) is 0 Å². The smallest absolute Gasteiger partial charge is 0.00720 e. The molecule has 0 saturated carbocycles.